The highest BCUT2D eigenvalue weighted by molar-refractivity contribution is 7.09. The largest absolute Gasteiger partial charge is 0.394 e. The van der Waals surface area contributed by atoms with E-state index in [-0.39, 0.29) is 18.1 Å². The third-order valence-electron chi connectivity index (χ3n) is 2.72. The number of aromatic nitrogens is 1. The van der Waals surface area contributed by atoms with Crippen molar-refractivity contribution in [3.63, 3.8) is 0 Å². The number of hydrogen-bond acceptors (Lipinski definition) is 4. The standard InChI is InChI=1S/C12H20N2OS/c1-12(2,3)11-14-10(7-16-11)9(6-15)13-8-4-5-8/h7-9,13,15H,4-6H2,1-3H3. The van der Waals surface area contributed by atoms with Crippen LogP contribution >= 0.6 is 11.3 Å². The molecule has 1 aromatic heterocycles. The zero-order chi connectivity index (χ0) is 11.8. The first kappa shape index (κ1) is 12.0. The molecule has 2 rings (SSSR count). The molecule has 3 nitrogen and oxygen atoms in total. The van der Waals surface area contributed by atoms with E-state index in [9.17, 15) is 5.11 Å². The van der Waals surface area contributed by atoms with Crippen LogP contribution in [-0.2, 0) is 5.41 Å². The molecule has 0 aromatic carbocycles. The highest BCUT2D eigenvalue weighted by Gasteiger charge is 2.27. The lowest BCUT2D eigenvalue weighted by Gasteiger charge is -2.15. The zero-order valence-corrected chi connectivity index (χ0v) is 11.0. The van der Waals surface area contributed by atoms with E-state index < -0.39 is 0 Å². The van der Waals surface area contributed by atoms with Crippen LogP contribution in [0.5, 0.6) is 0 Å². The van der Waals surface area contributed by atoms with Gasteiger partial charge in [0.15, 0.2) is 0 Å². The van der Waals surface area contributed by atoms with E-state index in [1.165, 1.54) is 12.8 Å². The molecule has 0 radical (unpaired) electrons. The molecule has 1 atom stereocenters. The van der Waals surface area contributed by atoms with E-state index >= 15 is 0 Å². The van der Waals surface area contributed by atoms with Crippen molar-refractivity contribution in [1.29, 1.82) is 0 Å². The van der Waals surface area contributed by atoms with Gasteiger partial charge in [-0.3, -0.25) is 0 Å². The maximum atomic E-state index is 9.37. The van der Waals surface area contributed by atoms with Gasteiger partial charge < -0.3 is 10.4 Å². The third kappa shape index (κ3) is 2.81. The lowest BCUT2D eigenvalue weighted by molar-refractivity contribution is 0.241. The quantitative estimate of drug-likeness (QED) is 0.848. The fourth-order valence-corrected chi connectivity index (χ4v) is 2.52. The topological polar surface area (TPSA) is 45.2 Å². The van der Waals surface area contributed by atoms with Crippen LogP contribution in [0.1, 0.15) is 50.4 Å². The molecule has 90 valence electrons. The summed E-state index contributed by atoms with van der Waals surface area (Å²) in [5.41, 5.74) is 1.09. The summed E-state index contributed by atoms with van der Waals surface area (Å²) in [6, 6.07) is 0.608. The first-order chi connectivity index (χ1) is 7.50. The molecule has 0 spiro atoms. The third-order valence-corrected chi connectivity index (χ3v) is 4.00. The molecule has 0 aliphatic heterocycles. The van der Waals surface area contributed by atoms with Crippen molar-refractivity contribution < 1.29 is 5.11 Å². The van der Waals surface area contributed by atoms with E-state index in [0.717, 1.165) is 10.7 Å². The van der Waals surface area contributed by atoms with Gasteiger partial charge >= 0.3 is 0 Å². The van der Waals surface area contributed by atoms with Crippen molar-refractivity contribution in [3.8, 4) is 0 Å². The Morgan fingerprint density at radius 2 is 2.25 bits per heavy atom. The van der Waals surface area contributed by atoms with Crippen LogP contribution in [0.2, 0.25) is 0 Å². The zero-order valence-electron chi connectivity index (χ0n) is 10.2. The van der Waals surface area contributed by atoms with Gasteiger partial charge in [-0.25, -0.2) is 4.98 Å². The Balaban J connectivity index is 2.09. The summed E-state index contributed by atoms with van der Waals surface area (Å²) < 4.78 is 0. The average Bonchev–Trinajstić information content (AvgIpc) is 2.87. The van der Waals surface area contributed by atoms with E-state index in [0.29, 0.717) is 6.04 Å². The van der Waals surface area contributed by atoms with Gasteiger partial charge in [-0.05, 0) is 12.8 Å². The first-order valence-electron chi connectivity index (χ1n) is 5.83. The smallest absolute Gasteiger partial charge is 0.0982 e. The number of nitrogens with one attached hydrogen (secondary N) is 1. The molecule has 1 unspecified atom stereocenters. The van der Waals surface area contributed by atoms with Crippen molar-refractivity contribution in [2.45, 2.75) is 51.1 Å². The molecule has 1 saturated carbocycles. The Hall–Kier alpha value is -0.450. The van der Waals surface area contributed by atoms with E-state index in [1.54, 1.807) is 11.3 Å². The second kappa shape index (κ2) is 4.43. The Morgan fingerprint density at radius 1 is 1.56 bits per heavy atom. The van der Waals surface area contributed by atoms with Crippen molar-refractivity contribution >= 4 is 11.3 Å². The fourth-order valence-electron chi connectivity index (χ4n) is 1.56. The molecule has 16 heavy (non-hydrogen) atoms. The van der Waals surface area contributed by atoms with Crippen molar-refractivity contribution in [2.24, 2.45) is 0 Å². The van der Waals surface area contributed by atoms with E-state index in [2.05, 4.69) is 36.5 Å². The Bertz CT molecular complexity index is 352. The Morgan fingerprint density at radius 3 is 2.69 bits per heavy atom. The van der Waals surface area contributed by atoms with Gasteiger partial charge in [0.1, 0.15) is 0 Å². The second-order valence-corrected chi connectivity index (χ2v) is 6.36. The monoisotopic (exact) mass is 240 g/mol. The van der Waals surface area contributed by atoms with Crippen molar-refractivity contribution in [2.75, 3.05) is 6.61 Å². The molecule has 1 heterocycles. The molecular formula is C12H20N2OS. The lowest BCUT2D eigenvalue weighted by Crippen LogP contribution is -2.26. The number of rotatable bonds is 4. The maximum absolute atomic E-state index is 9.37. The normalized spacial score (nSPS) is 18.8. The lowest BCUT2D eigenvalue weighted by atomic mass is 9.98. The Labute approximate surface area is 101 Å². The second-order valence-electron chi connectivity index (χ2n) is 5.50. The van der Waals surface area contributed by atoms with Gasteiger partial charge in [-0.1, -0.05) is 20.8 Å². The summed E-state index contributed by atoms with van der Waals surface area (Å²) in [5.74, 6) is 0. The van der Waals surface area contributed by atoms with Gasteiger partial charge in [-0.2, -0.15) is 0 Å². The van der Waals surface area contributed by atoms with Crippen LogP contribution in [0, 0.1) is 0 Å². The van der Waals surface area contributed by atoms with Crippen molar-refractivity contribution in [3.05, 3.63) is 16.1 Å². The van der Waals surface area contributed by atoms with Gasteiger partial charge in [-0.15, -0.1) is 11.3 Å². The molecule has 1 fully saturated rings. The molecule has 1 aliphatic rings. The summed E-state index contributed by atoms with van der Waals surface area (Å²) in [6.45, 7) is 6.62. The predicted octanol–water partition coefficient (Wildman–Crippen LogP) is 2.23. The Kier molecular flexibility index (Phi) is 3.33. The van der Waals surface area contributed by atoms with Crippen LogP contribution in [0.15, 0.2) is 5.38 Å². The van der Waals surface area contributed by atoms with Crippen LogP contribution in [0.4, 0.5) is 0 Å². The number of thiazole rings is 1. The molecule has 0 saturated heterocycles. The summed E-state index contributed by atoms with van der Waals surface area (Å²) in [6.07, 6.45) is 2.46. The maximum Gasteiger partial charge on any atom is 0.0982 e. The van der Waals surface area contributed by atoms with Crippen LogP contribution in [0.3, 0.4) is 0 Å². The number of hydrogen-bond donors (Lipinski definition) is 2. The van der Waals surface area contributed by atoms with Gasteiger partial charge in [0.25, 0.3) is 0 Å². The van der Waals surface area contributed by atoms with Crippen LogP contribution in [-0.4, -0.2) is 22.7 Å². The molecule has 2 N–H and O–H groups in total. The highest BCUT2D eigenvalue weighted by atomic mass is 32.1. The molecule has 1 aromatic rings. The average molecular weight is 240 g/mol. The number of aliphatic hydroxyl groups excluding tert-OH is 1. The molecular weight excluding hydrogens is 220 g/mol. The van der Waals surface area contributed by atoms with Crippen LogP contribution < -0.4 is 5.32 Å². The summed E-state index contributed by atoms with van der Waals surface area (Å²) in [7, 11) is 0. The van der Waals surface area contributed by atoms with Gasteiger partial charge in [0, 0.05) is 16.8 Å². The SMILES string of the molecule is CC(C)(C)c1nc(C(CO)NC2CC2)cs1. The predicted molar refractivity (Wildman–Crippen MR) is 66.8 cm³/mol. The van der Waals surface area contributed by atoms with Gasteiger partial charge in [0.2, 0.25) is 0 Å². The number of nitrogens with zero attached hydrogens (tertiary/aromatic N) is 1. The minimum absolute atomic E-state index is 0.0137. The van der Waals surface area contributed by atoms with E-state index in [1.807, 2.05) is 0 Å². The molecule has 4 heteroatoms. The molecule has 1 aliphatic carbocycles. The summed E-state index contributed by atoms with van der Waals surface area (Å²) in [5, 5.41) is 16.0. The minimum atomic E-state index is 0.0137. The van der Waals surface area contributed by atoms with Gasteiger partial charge in [0.05, 0.1) is 23.4 Å². The first-order valence-corrected chi connectivity index (χ1v) is 6.71. The summed E-state index contributed by atoms with van der Waals surface area (Å²) >= 11 is 1.69. The number of aliphatic hydroxyl groups is 1. The van der Waals surface area contributed by atoms with E-state index in [4.69, 9.17) is 0 Å². The highest BCUT2D eigenvalue weighted by Crippen LogP contribution is 2.29. The molecule has 0 bridgehead atoms. The van der Waals surface area contributed by atoms with Crippen molar-refractivity contribution in [1.82, 2.24) is 10.3 Å². The summed E-state index contributed by atoms with van der Waals surface area (Å²) in [4.78, 5) is 4.63. The fraction of sp³-hybridized carbons (Fsp3) is 0.750. The molecule has 0 amide bonds. The minimum Gasteiger partial charge on any atom is -0.394 e. The van der Waals surface area contributed by atoms with Crippen LogP contribution in [0.25, 0.3) is 0 Å².